The van der Waals surface area contributed by atoms with Gasteiger partial charge in [-0.3, -0.25) is 9.48 Å². The lowest BCUT2D eigenvalue weighted by Gasteiger charge is -2.21. The van der Waals surface area contributed by atoms with Crippen molar-refractivity contribution in [1.82, 2.24) is 14.5 Å². The highest BCUT2D eigenvalue weighted by Crippen LogP contribution is 2.23. The van der Waals surface area contributed by atoms with Gasteiger partial charge in [-0.05, 0) is 19.8 Å². The van der Waals surface area contributed by atoms with Crippen LogP contribution in [0.1, 0.15) is 48.3 Å². The lowest BCUT2D eigenvalue weighted by Crippen LogP contribution is -2.38. The van der Waals surface area contributed by atoms with Gasteiger partial charge >= 0.3 is 0 Å². The maximum absolute atomic E-state index is 13.8. The zero-order chi connectivity index (χ0) is 15.6. The van der Waals surface area contributed by atoms with Gasteiger partial charge in [-0.15, -0.1) is 0 Å². The predicted molar refractivity (Wildman–Crippen MR) is 76.0 cm³/mol. The molecule has 8 heteroatoms. The number of carbonyl (C=O) groups is 1. The van der Waals surface area contributed by atoms with Crippen LogP contribution in [0.15, 0.2) is 0 Å². The summed E-state index contributed by atoms with van der Waals surface area (Å²) in [6, 6.07) is 0. The summed E-state index contributed by atoms with van der Waals surface area (Å²) in [6.45, 7) is 1.02. The van der Waals surface area contributed by atoms with Crippen LogP contribution < -0.4 is 4.72 Å². The lowest BCUT2D eigenvalue weighted by atomic mass is 10.0. The average molecular weight is 317 g/mol. The van der Waals surface area contributed by atoms with Crippen molar-refractivity contribution >= 4 is 15.8 Å². The molecule has 118 valence electrons. The summed E-state index contributed by atoms with van der Waals surface area (Å²) < 4.78 is 41.4. The Hall–Kier alpha value is -1.28. The molecule has 0 aliphatic heterocycles. The van der Waals surface area contributed by atoms with E-state index in [-0.39, 0.29) is 11.4 Å². The molecule has 6 nitrogen and oxygen atoms in total. The minimum absolute atomic E-state index is 0.121. The van der Waals surface area contributed by atoms with Crippen LogP contribution in [0.4, 0.5) is 4.39 Å². The van der Waals surface area contributed by atoms with E-state index < -0.39 is 33.4 Å². The fraction of sp³-hybridized carbons (Fsp3) is 0.692. The Balaban J connectivity index is 2.03. The van der Waals surface area contributed by atoms with Crippen LogP contribution in [-0.4, -0.2) is 35.8 Å². The third-order valence-corrected chi connectivity index (χ3v) is 5.73. The molecule has 1 fully saturated rings. The molecule has 21 heavy (non-hydrogen) atoms. The minimum Gasteiger partial charge on any atom is -0.291 e. The molecule has 0 unspecified atom stereocenters. The van der Waals surface area contributed by atoms with Crippen molar-refractivity contribution in [3.63, 3.8) is 0 Å². The molecule has 1 aliphatic carbocycles. The molecule has 0 bridgehead atoms. The summed E-state index contributed by atoms with van der Waals surface area (Å²) >= 11 is 0. The van der Waals surface area contributed by atoms with E-state index in [1.165, 1.54) is 14.0 Å². The van der Waals surface area contributed by atoms with Crippen LogP contribution in [0.2, 0.25) is 0 Å². The van der Waals surface area contributed by atoms with Gasteiger partial charge in [0.1, 0.15) is 5.69 Å². The number of sulfonamides is 1. The molecule has 0 atom stereocenters. The van der Waals surface area contributed by atoms with Gasteiger partial charge in [0.25, 0.3) is 0 Å². The number of hydrogen-bond acceptors (Lipinski definition) is 4. The van der Waals surface area contributed by atoms with Crippen LogP contribution in [-0.2, 0) is 17.1 Å². The summed E-state index contributed by atoms with van der Waals surface area (Å²) in [7, 11) is -2.07. The maximum atomic E-state index is 13.8. The summed E-state index contributed by atoms with van der Waals surface area (Å²) in [5.41, 5.74) is -0.0742. The minimum atomic E-state index is -3.53. The van der Waals surface area contributed by atoms with Crippen LogP contribution in [0.25, 0.3) is 0 Å². The Morgan fingerprint density at radius 1 is 1.38 bits per heavy atom. The molecule has 2 rings (SSSR count). The topological polar surface area (TPSA) is 81.1 Å². The van der Waals surface area contributed by atoms with Crippen molar-refractivity contribution in [2.75, 3.05) is 6.54 Å². The van der Waals surface area contributed by atoms with Crippen LogP contribution in [0.3, 0.4) is 0 Å². The van der Waals surface area contributed by atoms with Crippen molar-refractivity contribution in [2.24, 2.45) is 7.05 Å². The fourth-order valence-corrected chi connectivity index (χ4v) is 4.20. The van der Waals surface area contributed by atoms with Crippen LogP contribution in [0.5, 0.6) is 0 Å². The van der Waals surface area contributed by atoms with E-state index in [0.29, 0.717) is 12.8 Å². The lowest BCUT2D eigenvalue weighted by molar-refractivity contribution is 0.0984. The van der Waals surface area contributed by atoms with Crippen molar-refractivity contribution in [3.8, 4) is 0 Å². The van der Waals surface area contributed by atoms with Gasteiger partial charge in [0, 0.05) is 7.05 Å². The first-order valence-electron chi connectivity index (χ1n) is 7.03. The van der Waals surface area contributed by atoms with E-state index in [1.54, 1.807) is 0 Å². The summed E-state index contributed by atoms with van der Waals surface area (Å²) in [6.07, 6.45) is 4.04. The molecule has 0 amide bonds. The molecule has 0 radical (unpaired) electrons. The normalized spacial score (nSPS) is 17.1. The first kappa shape index (κ1) is 16.1. The molecule has 1 aromatic rings. The molecular formula is C13H20FN3O3S. The number of aryl methyl sites for hydroxylation is 2. The van der Waals surface area contributed by atoms with E-state index >= 15 is 0 Å². The number of Topliss-reactive ketones (excluding diaryl/α,β-unsaturated/α-hetero) is 1. The summed E-state index contributed by atoms with van der Waals surface area (Å²) in [5.74, 6) is -1.31. The molecule has 0 saturated heterocycles. The number of nitrogens with zero attached hydrogens (tertiary/aromatic N) is 2. The number of rotatable bonds is 5. The molecule has 0 aromatic carbocycles. The molecule has 0 spiro atoms. The number of ketones is 1. The van der Waals surface area contributed by atoms with Crippen molar-refractivity contribution in [3.05, 3.63) is 17.2 Å². The van der Waals surface area contributed by atoms with E-state index in [2.05, 4.69) is 9.82 Å². The summed E-state index contributed by atoms with van der Waals surface area (Å²) in [4.78, 5) is 12.0. The maximum Gasteiger partial charge on any atom is 0.214 e. The Morgan fingerprint density at radius 2 is 2.00 bits per heavy atom. The van der Waals surface area contributed by atoms with Crippen molar-refractivity contribution in [1.29, 1.82) is 0 Å². The molecule has 1 saturated carbocycles. The van der Waals surface area contributed by atoms with Gasteiger partial charge in [-0.1, -0.05) is 19.3 Å². The number of carbonyl (C=O) groups excluding carboxylic acids is 1. The zero-order valence-corrected chi connectivity index (χ0v) is 13.0. The first-order chi connectivity index (χ1) is 9.83. The van der Waals surface area contributed by atoms with Gasteiger partial charge in [0.05, 0.1) is 17.5 Å². The fourth-order valence-electron chi connectivity index (χ4n) is 2.68. The second-order valence-corrected chi connectivity index (χ2v) is 7.47. The van der Waals surface area contributed by atoms with E-state index in [0.717, 1.165) is 23.9 Å². The molecule has 1 aromatic heterocycles. The van der Waals surface area contributed by atoms with Crippen molar-refractivity contribution < 1.29 is 17.6 Å². The highest BCUT2D eigenvalue weighted by molar-refractivity contribution is 7.90. The van der Waals surface area contributed by atoms with Crippen LogP contribution >= 0.6 is 0 Å². The second kappa shape index (κ2) is 6.23. The zero-order valence-electron chi connectivity index (χ0n) is 12.2. The van der Waals surface area contributed by atoms with Gasteiger partial charge in [-0.25, -0.2) is 17.5 Å². The quantitative estimate of drug-likeness (QED) is 0.830. The Labute approximate surface area is 123 Å². The monoisotopic (exact) mass is 317 g/mol. The SMILES string of the molecule is Cc1nn(C)c(C(=O)CNS(=O)(=O)C2CCCCC2)c1F. The third-order valence-electron chi connectivity index (χ3n) is 3.84. The van der Waals surface area contributed by atoms with Gasteiger partial charge in [0.2, 0.25) is 10.0 Å². The van der Waals surface area contributed by atoms with Gasteiger partial charge in [-0.2, -0.15) is 5.10 Å². The number of aromatic nitrogens is 2. The third kappa shape index (κ3) is 3.49. The molecule has 1 aliphatic rings. The first-order valence-corrected chi connectivity index (χ1v) is 8.58. The average Bonchev–Trinajstić information content (AvgIpc) is 2.71. The van der Waals surface area contributed by atoms with Crippen molar-refractivity contribution in [2.45, 2.75) is 44.3 Å². The van der Waals surface area contributed by atoms with E-state index in [4.69, 9.17) is 0 Å². The standard InChI is InChI=1S/C13H20FN3O3S/c1-9-12(14)13(17(2)16-9)11(18)8-15-21(19,20)10-6-4-3-5-7-10/h10,15H,3-8H2,1-2H3. The van der Waals surface area contributed by atoms with Gasteiger partial charge < -0.3 is 0 Å². The molecule has 1 N–H and O–H groups in total. The highest BCUT2D eigenvalue weighted by Gasteiger charge is 2.28. The smallest absolute Gasteiger partial charge is 0.214 e. The Morgan fingerprint density at radius 3 is 2.52 bits per heavy atom. The van der Waals surface area contributed by atoms with Crippen LogP contribution in [0, 0.1) is 12.7 Å². The Bertz CT molecular complexity index is 633. The molecular weight excluding hydrogens is 297 g/mol. The van der Waals surface area contributed by atoms with E-state index in [9.17, 15) is 17.6 Å². The number of halogens is 1. The van der Waals surface area contributed by atoms with E-state index in [1.807, 2.05) is 0 Å². The number of nitrogens with one attached hydrogen (secondary N) is 1. The summed E-state index contributed by atoms with van der Waals surface area (Å²) in [5, 5.41) is 3.36. The molecule has 1 heterocycles. The van der Waals surface area contributed by atoms with Gasteiger partial charge in [0.15, 0.2) is 11.6 Å². The second-order valence-electron chi connectivity index (χ2n) is 5.42. The highest BCUT2D eigenvalue weighted by atomic mass is 32.2. The largest absolute Gasteiger partial charge is 0.291 e. The predicted octanol–water partition coefficient (Wildman–Crippen LogP) is 1.30. The number of hydrogen-bond donors (Lipinski definition) is 1. The Kier molecular flexibility index (Phi) is 4.77.